The Balaban J connectivity index is 0.000000164. The van der Waals surface area contributed by atoms with Gasteiger partial charge in [0.2, 0.25) is 0 Å². The number of thiophene rings is 2. The van der Waals surface area contributed by atoms with Crippen molar-refractivity contribution in [3.63, 3.8) is 0 Å². The number of nitrogens with zero attached hydrogens (tertiary/aromatic N) is 1. The highest BCUT2D eigenvalue weighted by Crippen LogP contribution is 2.46. The van der Waals surface area contributed by atoms with Crippen molar-refractivity contribution in [1.82, 2.24) is 0 Å². The normalized spacial score (nSPS) is 8.58. The maximum absolute atomic E-state index is 5.97. The molecule has 0 aliphatic rings. The first kappa shape index (κ1) is 104. The molecule has 0 radical (unpaired) electrons. The van der Waals surface area contributed by atoms with Gasteiger partial charge >= 0.3 is 0 Å². The van der Waals surface area contributed by atoms with Crippen LogP contribution in [0, 0.1) is 297 Å². The maximum atomic E-state index is 5.97. The predicted octanol–water partition coefficient (Wildman–Crippen LogP) is 29.7. The number of terminal acetylenes is 1. The van der Waals surface area contributed by atoms with Crippen molar-refractivity contribution in [2.75, 3.05) is 15.1 Å². The highest BCUT2D eigenvalue weighted by molar-refractivity contribution is 14.1. The van der Waals surface area contributed by atoms with Crippen molar-refractivity contribution in [3.8, 4) is 363 Å². The van der Waals surface area contributed by atoms with Crippen LogP contribution in [0.1, 0.15) is 6.92 Å². The van der Waals surface area contributed by atoms with Crippen molar-refractivity contribution in [2.24, 2.45) is 0 Å². The van der Waals surface area contributed by atoms with E-state index in [-0.39, 0.29) is 0 Å². The molecule has 0 aliphatic carbocycles. The van der Waals surface area contributed by atoms with Gasteiger partial charge in [-0.05, 0) is 292 Å². The summed E-state index contributed by atoms with van der Waals surface area (Å²) in [6, 6.07) is 134. The monoisotopic (exact) mass is 2050 g/mol. The van der Waals surface area contributed by atoms with E-state index in [1.807, 2.05) is 51.9 Å². The minimum Gasteiger partial charge on any atom is -0.354 e. The number of benzene rings is 16. The third-order valence-electron chi connectivity index (χ3n) is 21.1. The summed E-state index contributed by atoms with van der Waals surface area (Å²) in [6.45, 7) is 1.69. The number of fused-ring (bicyclic) bond motifs is 8. The van der Waals surface area contributed by atoms with E-state index in [1.165, 1.54) is 134 Å². The van der Waals surface area contributed by atoms with Gasteiger partial charge in [-0.1, -0.05) is 319 Å². The fourth-order valence-corrected chi connectivity index (χ4v) is 17.1. The second kappa shape index (κ2) is 59.0. The molecular weight excluding hydrogens is 1980 g/mol. The van der Waals surface area contributed by atoms with Crippen LogP contribution < -0.4 is 10.2 Å². The lowest BCUT2D eigenvalue weighted by Crippen LogP contribution is -2.10. The fourth-order valence-electron chi connectivity index (χ4n) is 14.6. The van der Waals surface area contributed by atoms with Gasteiger partial charge in [0.1, 0.15) is 0 Å². The van der Waals surface area contributed by atoms with Gasteiger partial charge in [-0.25, -0.2) is 0 Å². The summed E-state index contributed by atoms with van der Waals surface area (Å²) in [5.74, 6) is 122. The second-order valence-electron chi connectivity index (χ2n) is 30.5. The topological polar surface area (TPSA) is 15.3 Å². The van der Waals surface area contributed by atoms with Crippen LogP contribution in [0.5, 0.6) is 0 Å². The first-order chi connectivity index (χ1) is 74.4. The van der Waals surface area contributed by atoms with E-state index in [0.29, 0.717) is 0 Å². The Morgan fingerprint density at radius 1 is 0.220 bits per heavy atom. The van der Waals surface area contributed by atoms with Crippen LogP contribution in [-0.4, -0.2) is 4.93 Å². The highest BCUT2D eigenvalue weighted by atomic mass is 127. The number of alkyl halides is 1. The molecule has 0 saturated heterocycles. The summed E-state index contributed by atoms with van der Waals surface area (Å²) in [6.07, 6.45) is 4.94. The Hall–Kier alpha value is -21.9. The van der Waals surface area contributed by atoms with Crippen molar-refractivity contribution in [1.29, 1.82) is 0 Å². The van der Waals surface area contributed by atoms with Gasteiger partial charge in [0.15, 0.2) is 0 Å². The Bertz CT molecular complexity index is 9990. The zero-order valence-electron chi connectivity index (χ0n) is 80.4. The molecule has 2 heterocycles. The van der Waals surface area contributed by atoms with E-state index in [2.05, 4.69) is 675 Å². The number of rotatable bonds is 11. The molecule has 6 heteroatoms. The molecule has 0 amide bonds. The van der Waals surface area contributed by atoms with Crippen molar-refractivity contribution >= 4 is 147 Å². The number of hydrogen-bond donors (Lipinski definition) is 1. The summed E-state index contributed by atoms with van der Waals surface area (Å²) < 4.78 is 5.23. The average Bonchev–Trinajstić information content (AvgIpc) is 1.56. The fraction of sp³-hybridized carbons (Fsp3) is 0.0139. The van der Waals surface area contributed by atoms with Crippen LogP contribution >= 0.6 is 56.9 Å². The molecule has 2 aromatic heterocycles. The minimum absolute atomic E-state index is 0.766. The van der Waals surface area contributed by atoms with Crippen LogP contribution in [0.15, 0.2) is 376 Å². The average molecular weight is 2050 g/mol. The molecule has 2 nitrogen and oxygen atoms in total. The van der Waals surface area contributed by atoms with E-state index in [0.717, 1.165) is 27.8 Å². The van der Waals surface area contributed by atoms with E-state index in [4.69, 9.17) is 18.0 Å². The van der Waals surface area contributed by atoms with Crippen LogP contribution in [-0.2, 0) is 0 Å². The summed E-state index contributed by atoms with van der Waals surface area (Å²) in [5, 5.41) is 14.6. The molecule has 150 heavy (non-hydrogen) atoms. The van der Waals surface area contributed by atoms with Crippen molar-refractivity contribution in [2.45, 2.75) is 6.92 Å². The van der Waals surface area contributed by atoms with E-state index in [1.54, 1.807) is 6.92 Å². The molecule has 0 bridgehead atoms. The molecule has 18 aromatic rings. The van der Waals surface area contributed by atoms with Crippen molar-refractivity contribution < 1.29 is 0 Å². The predicted molar refractivity (Wildman–Crippen MR) is 643 cm³/mol. The smallest absolute Gasteiger partial charge is 0.0640 e. The molecule has 0 atom stereocenters. The molecule has 0 aliphatic heterocycles. The summed E-state index contributed by atoms with van der Waals surface area (Å²) in [4.78, 5) is 4.37. The Labute approximate surface area is 905 Å². The highest BCUT2D eigenvalue weighted by Gasteiger charge is 2.20. The lowest BCUT2D eigenvalue weighted by Gasteiger charge is -2.26. The molecule has 0 spiro atoms. The van der Waals surface area contributed by atoms with Crippen LogP contribution in [0.2, 0.25) is 5.02 Å². The van der Waals surface area contributed by atoms with Gasteiger partial charge in [-0.15, -0.1) is 29.1 Å². The molecule has 0 fully saturated rings. The van der Waals surface area contributed by atoms with E-state index in [9.17, 15) is 0 Å². The minimum atomic E-state index is 0.766. The van der Waals surface area contributed by atoms with E-state index >= 15 is 0 Å². The lowest BCUT2D eigenvalue weighted by atomic mass is 9.97. The quantitative estimate of drug-likeness (QED) is 0.0789. The van der Waals surface area contributed by atoms with E-state index < -0.39 is 0 Å². The molecule has 0 unspecified atom stereocenters. The molecule has 682 valence electrons. The molecular formula is C144H70ClIN2S2. The number of nitrogens with one attached hydrogen (secondary N) is 1. The molecule has 1 N–H and O–H groups in total. The third kappa shape index (κ3) is 32.1. The van der Waals surface area contributed by atoms with Gasteiger partial charge in [0.05, 0.1) is 20.8 Å². The standard InChI is InChI=1S/C51H4.C46H31NS.C24H17NS.C22H15Cl.CH3I/c1-3-5-7-9-11-13-15-17-19-21-23-25-27-29-31-33-35-37-39-41-43-45-47-49-51-50-48-46-44-42-40-38-36-34-32-30-28-26-24-22-20-18-16-14-12-10-8-6-4-2;1-3-10-32(11-4-1)34-22-26-40(27-23-34)47(44-16-9-15-43-42-14-7-8-17-45(42)48-46(43)44)41-28-24-35(25-29-41)37-19-21-38-30-36(18-20-39(38)31-37)33-12-5-2-6-13-33;1-2-7-17(8-3-1)18-13-15-19(16-14-18)25-22-11-6-10-21-20-9-4-5-12-23(20)26-24(21)22;23-22-12-10-17(11-13-22)19-7-9-20-14-18(6-8-21(20)15-19)16-4-2-1-3-5-16;1-2/h1H,2H3;1-31H;1-16,25H;1-15H;1H3. The zero-order chi connectivity index (χ0) is 104. The van der Waals surface area contributed by atoms with Crippen LogP contribution in [0.3, 0.4) is 0 Å². The van der Waals surface area contributed by atoms with Crippen molar-refractivity contribution in [3.05, 3.63) is 381 Å². The molecule has 0 saturated carbocycles. The Morgan fingerprint density at radius 3 is 0.767 bits per heavy atom. The number of hydrogen-bond acceptors (Lipinski definition) is 4. The Morgan fingerprint density at radius 2 is 0.453 bits per heavy atom. The first-order valence-corrected chi connectivity index (χ1v) is 50.0. The maximum Gasteiger partial charge on any atom is 0.0640 e. The van der Waals surface area contributed by atoms with Gasteiger partial charge in [0, 0.05) is 242 Å². The largest absolute Gasteiger partial charge is 0.354 e. The summed E-state index contributed by atoms with van der Waals surface area (Å²) in [5.41, 5.74) is 20.4. The van der Waals surface area contributed by atoms with Crippen LogP contribution in [0.25, 0.3) is 129 Å². The van der Waals surface area contributed by atoms with Crippen LogP contribution in [0.4, 0.5) is 28.4 Å². The third-order valence-corrected chi connectivity index (χ3v) is 23.8. The van der Waals surface area contributed by atoms with Gasteiger partial charge in [0.25, 0.3) is 0 Å². The van der Waals surface area contributed by atoms with Gasteiger partial charge in [-0.2, -0.15) is 0 Å². The lowest BCUT2D eigenvalue weighted by molar-refractivity contribution is 1.30. The number of anilines is 5. The number of halogens is 2. The first-order valence-electron chi connectivity index (χ1n) is 45.9. The SMILES string of the molecule is C#CC#CC#CC#CC#CC#CC#CC#CC#CC#CC#CC#CC#CC#CC#CC#CC#CC#CC#CC#CC#CC#CC#CC#CC#CC.CI.Clc1ccc(-c2ccc3cc(-c4ccccc4)ccc3c2)cc1.c1ccc(-c2ccc(N(c3ccc(-c4ccc5cc(-c6ccccc6)ccc5c4)cc3)c3cccc4c3sc3ccccc34)cc2)cc1.c1ccc(-c2ccc(Nc3cccc4c3sc3ccccc34)cc2)cc1. The summed E-state index contributed by atoms with van der Waals surface area (Å²) in [7, 11) is 0. The molecule has 16 aromatic carbocycles. The van der Waals surface area contributed by atoms with Gasteiger partial charge in [-0.3, -0.25) is 0 Å². The zero-order valence-corrected chi connectivity index (χ0v) is 84.9. The molecule has 18 rings (SSSR count). The van der Waals surface area contributed by atoms with Gasteiger partial charge < -0.3 is 10.2 Å². The Kier molecular flexibility index (Phi) is 40.9. The summed E-state index contributed by atoms with van der Waals surface area (Å²) >= 11 is 11.8. The second-order valence-corrected chi connectivity index (χ2v) is 33.0.